The van der Waals surface area contributed by atoms with E-state index in [1.807, 2.05) is 12.1 Å². The highest BCUT2D eigenvalue weighted by Crippen LogP contribution is 2.20. The van der Waals surface area contributed by atoms with Crippen LogP contribution in [-0.2, 0) is 11.2 Å². The van der Waals surface area contributed by atoms with Crippen LogP contribution in [0.15, 0.2) is 24.3 Å². The van der Waals surface area contributed by atoms with Gasteiger partial charge in [0.25, 0.3) is 0 Å². The number of ether oxygens (including phenoxy) is 1. The molecule has 0 bridgehead atoms. The predicted octanol–water partition coefficient (Wildman–Crippen LogP) is 3.27. The second kappa shape index (κ2) is 9.05. The van der Waals surface area contributed by atoms with Crippen molar-refractivity contribution in [3.8, 4) is 0 Å². The van der Waals surface area contributed by atoms with Crippen LogP contribution >= 0.6 is 0 Å². The van der Waals surface area contributed by atoms with Crippen molar-refractivity contribution in [2.75, 3.05) is 26.8 Å². The third-order valence-corrected chi connectivity index (χ3v) is 3.65. The average molecular weight is 267 g/mol. The Morgan fingerprint density at radius 1 is 1.26 bits per heavy atom. The van der Waals surface area contributed by atoms with Crippen molar-refractivity contribution in [3.63, 3.8) is 0 Å². The minimum Gasteiger partial charge on any atom is -0.385 e. The molecule has 0 saturated carbocycles. The molecule has 0 aromatic heterocycles. The van der Waals surface area contributed by atoms with Crippen molar-refractivity contribution in [3.05, 3.63) is 35.6 Å². The molecule has 3 heteroatoms. The third-order valence-electron chi connectivity index (χ3n) is 3.65. The number of methoxy groups -OCH3 is 1. The zero-order valence-electron chi connectivity index (χ0n) is 12.3. The van der Waals surface area contributed by atoms with Gasteiger partial charge in [0.1, 0.15) is 5.82 Å². The summed E-state index contributed by atoms with van der Waals surface area (Å²) in [5.41, 5.74) is 1.20. The van der Waals surface area contributed by atoms with E-state index in [0.717, 1.165) is 32.5 Å². The first-order valence-electron chi connectivity index (χ1n) is 7.11. The molecule has 0 aliphatic heterocycles. The van der Waals surface area contributed by atoms with Crippen molar-refractivity contribution < 1.29 is 9.13 Å². The second-order valence-electron chi connectivity index (χ2n) is 5.16. The molecule has 1 rings (SSSR count). The highest BCUT2D eigenvalue weighted by atomic mass is 19.1. The summed E-state index contributed by atoms with van der Waals surface area (Å²) in [5, 5.41) is 3.42. The van der Waals surface area contributed by atoms with Crippen LogP contribution in [0.5, 0.6) is 0 Å². The largest absolute Gasteiger partial charge is 0.385 e. The summed E-state index contributed by atoms with van der Waals surface area (Å²) < 4.78 is 18.1. The van der Waals surface area contributed by atoms with Crippen LogP contribution in [0.1, 0.15) is 25.8 Å². The molecule has 0 aliphatic rings. The van der Waals surface area contributed by atoms with Crippen molar-refractivity contribution in [2.24, 2.45) is 11.8 Å². The molecule has 1 aromatic rings. The number of halogens is 1. The van der Waals surface area contributed by atoms with Crippen LogP contribution in [0, 0.1) is 17.7 Å². The van der Waals surface area contributed by atoms with Gasteiger partial charge in [0.2, 0.25) is 0 Å². The minimum atomic E-state index is -0.167. The lowest BCUT2D eigenvalue weighted by atomic mass is 9.86. The molecule has 0 heterocycles. The number of hydrogen-bond acceptors (Lipinski definition) is 2. The zero-order chi connectivity index (χ0) is 14.1. The fourth-order valence-corrected chi connectivity index (χ4v) is 2.27. The van der Waals surface area contributed by atoms with E-state index < -0.39 is 0 Å². The van der Waals surface area contributed by atoms with Crippen LogP contribution in [0.3, 0.4) is 0 Å². The van der Waals surface area contributed by atoms with E-state index in [2.05, 4.69) is 19.2 Å². The van der Waals surface area contributed by atoms with Crippen molar-refractivity contribution in [2.45, 2.75) is 26.7 Å². The first-order chi connectivity index (χ1) is 9.17. The molecule has 0 aliphatic carbocycles. The van der Waals surface area contributed by atoms with Crippen LogP contribution in [-0.4, -0.2) is 26.8 Å². The van der Waals surface area contributed by atoms with E-state index >= 15 is 0 Å². The first-order valence-corrected chi connectivity index (χ1v) is 7.11. The van der Waals surface area contributed by atoms with E-state index in [0.29, 0.717) is 11.8 Å². The van der Waals surface area contributed by atoms with Gasteiger partial charge >= 0.3 is 0 Å². The maximum atomic E-state index is 12.9. The van der Waals surface area contributed by atoms with Crippen LogP contribution in [0.2, 0.25) is 0 Å². The Morgan fingerprint density at radius 2 is 1.95 bits per heavy atom. The molecular weight excluding hydrogens is 241 g/mol. The molecule has 0 fully saturated rings. The van der Waals surface area contributed by atoms with Gasteiger partial charge in [-0.2, -0.15) is 0 Å². The van der Waals surface area contributed by atoms with Gasteiger partial charge in [-0.15, -0.1) is 0 Å². The molecule has 108 valence electrons. The Balaban J connectivity index is 2.59. The van der Waals surface area contributed by atoms with E-state index in [9.17, 15) is 4.39 Å². The Bertz CT molecular complexity index is 339. The van der Waals surface area contributed by atoms with Gasteiger partial charge < -0.3 is 10.1 Å². The lowest BCUT2D eigenvalue weighted by Gasteiger charge is -2.24. The quantitative estimate of drug-likeness (QED) is 0.741. The van der Waals surface area contributed by atoms with Gasteiger partial charge in [-0.1, -0.05) is 26.0 Å². The van der Waals surface area contributed by atoms with Gasteiger partial charge in [-0.05, 0) is 55.5 Å². The van der Waals surface area contributed by atoms with Crippen molar-refractivity contribution >= 4 is 0 Å². The lowest BCUT2D eigenvalue weighted by molar-refractivity contribution is 0.164. The van der Waals surface area contributed by atoms with Crippen LogP contribution < -0.4 is 5.32 Å². The lowest BCUT2D eigenvalue weighted by Crippen LogP contribution is -2.29. The van der Waals surface area contributed by atoms with Gasteiger partial charge in [-0.3, -0.25) is 0 Å². The first kappa shape index (κ1) is 16.1. The molecule has 2 atom stereocenters. The number of hydrogen-bond donors (Lipinski definition) is 1. The second-order valence-corrected chi connectivity index (χ2v) is 5.16. The van der Waals surface area contributed by atoms with Gasteiger partial charge in [0, 0.05) is 13.7 Å². The molecule has 0 radical (unpaired) electrons. The molecule has 2 unspecified atom stereocenters. The minimum absolute atomic E-state index is 0.167. The molecule has 0 saturated heterocycles. The summed E-state index contributed by atoms with van der Waals surface area (Å²) >= 11 is 0. The zero-order valence-corrected chi connectivity index (χ0v) is 12.3. The molecule has 19 heavy (non-hydrogen) atoms. The smallest absolute Gasteiger partial charge is 0.123 e. The standard InChI is InChI=1S/C16H26FNO/c1-4-18-12-15(13(2)9-10-19-3)11-14-5-7-16(17)8-6-14/h5-8,13,15,18H,4,9-12H2,1-3H3. The van der Waals surface area contributed by atoms with Gasteiger partial charge in [0.15, 0.2) is 0 Å². The number of nitrogens with one attached hydrogen (secondary N) is 1. The maximum Gasteiger partial charge on any atom is 0.123 e. The Hall–Kier alpha value is -0.930. The number of rotatable bonds is 9. The van der Waals surface area contributed by atoms with Crippen molar-refractivity contribution in [1.29, 1.82) is 0 Å². The number of benzene rings is 1. The summed E-state index contributed by atoms with van der Waals surface area (Å²) in [6.07, 6.45) is 2.05. The van der Waals surface area contributed by atoms with Gasteiger partial charge in [-0.25, -0.2) is 4.39 Å². The molecule has 0 spiro atoms. The topological polar surface area (TPSA) is 21.3 Å². The van der Waals surface area contributed by atoms with Crippen LogP contribution in [0.25, 0.3) is 0 Å². The Labute approximate surface area is 116 Å². The van der Waals surface area contributed by atoms with E-state index in [1.165, 1.54) is 5.56 Å². The maximum absolute atomic E-state index is 12.9. The average Bonchev–Trinajstić information content (AvgIpc) is 2.42. The summed E-state index contributed by atoms with van der Waals surface area (Å²) in [4.78, 5) is 0. The van der Waals surface area contributed by atoms with E-state index in [1.54, 1.807) is 19.2 Å². The summed E-state index contributed by atoms with van der Waals surface area (Å²) in [5.74, 6) is 0.976. The predicted molar refractivity (Wildman–Crippen MR) is 77.8 cm³/mol. The highest BCUT2D eigenvalue weighted by molar-refractivity contribution is 5.16. The summed E-state index contributed by atoms with van der Waals surface area (Å²) in [6, 6.07) is 6.85. The molecule has 0 amide bonds. The fourth-order valence-electron chi connectivity index (χ4n) is 2.27. The van der Waals surface area contributed by atoms with E-state index in [-0.39, 0.29) is 5.82 Å². The molecular formula is C16H26FNO. The van der Waals surface area contributed by atoms with Crippen LogP contribution in [0.4, 0.5) is 4.39 Å². The third kappa shape index (κ3) is 6.17. The van der Waals surface area contributed by atoms with E-state index in [4.69, 9.17) is 4.74 Å². The fraction of sp³-hybridized carbons (Fsp3) is 0.625. The highest BCUT2D eigenvalue weighted by Gasteiger charge is 2.17. The molecule has 1 aromatic carbocycles. The normalized spacial score (nSPS) is 14.3. The molecule has 2 nitrogen and oxygen atoms in total. The molecule has 1 N–H and O–H groups in total. The monoisotopic (exact) mass is 267 g/mol. The summed E-state index contributed by atoms with van der Waals surface area (Å²) in [7, 11) is 1.74. The Kier molecular flexibility index (Phi) is 7.68. The Morgan fingerprint density at radius 3 is 2.53 bits per heavy atom. The van der Waals surface area contributed by atoms with Gasteiger partial charge in [0.05, 0.1) is 0 Å². The van der Waals surface area contributed by atoms with Crippen molar-refractivity contribution in [1.82, 2.24) is 5.32 Å². The summed E-state index contributed by atoms with van der Waals surface area (Å²) in [6.45, 7) is 7.17. The SMILES string of the molecule is CCNCC(Cc1ccc(F)cc1)C(C)CCOC.